The number of nitro groups is 2. The summed E-state index contributed by atoms with van der Waals surface area (Å²) in [4.78, 5) is 38.2. The Morgan fingerprint density at radius 2 is 1.77 bits per heavy atom. The summed E-state index contributed by atoms with van der Waals surface area (Å²) in [5.41, 5.74) is 1.63. The molecule has 4 aromatic rings. The second kappa shape index (κ2) is 7.67. The monoisotopic (exact) mass is 418 g/mol. The molecule has 10 nitrogen and oxygen atoms in total. The SMILES string of the molecule is Cc1c(C(=O)Nc2ccccc2-c2nc3ccc([N+](=O)[O-])cc3o2)cccc1[N+](=O)[O-]. The van der Waals surface area contributed by atoms with E-state index in [0.29, 0.717) is 16.8 Å². The maximum Gasteiger partial charge on any atom is 0.273 e. The Labute approximate surface area is 174 Å². The number of hydrogen-bond donors (Lipinski definition) is 1. The number of oxazole rings is 1. The summed E-state index contributed by atoms with van der Waals surface area (Å²) in [7, 11) is 0. The number of aromatic nitrogens is 1. The standard InChI is InChI=1S/C21H14N4O6/c1-12-14(6-4-8-18(12)25(29)30)20(26)22-16-7-3-2-5-15(16)21-23-17-10-9-13(24(27)28)11-19(17)31-21/h2-11H,1H3,(H,22,26). The van der Waals surface area contributed by atoms with Crippen molar-refractivity contribution >= 4 is 34.1 Å². The van der Waals surface area contributed by atoms with Gasteiger partial charge in [0.15, 0.2) is 5.58 Å². The highest BCUT2D eigenvalue weighted by Gasteiger charge is 2.20. The van der Waals surface area contributed by atoms with E-state index in [2.05, 4.69) is 10.3 Å². The van der Waals surface area contributed by atoms with Gasteiger partial charge in [0, 0.05) is 23.3 Å². The predicted octanol–water partition coefficient (Wildman–Crippen LogP) is 4.87. The second-order valence-electron chi connectivity index (χ2n) is 6.63. The average molecular weight is 418 g/mol. The number of nitrogens with zero attached hydrogens (tertiary/aromatic N) is 3. The highest BCUT2D eigenvalue weighted by molar-refractivity contribution is 6.07. The van der Waals surface area contributed by atoms with Gasteiger partial charge in [-0.3, -0.25) is 25.0 Å². The van der Waals surface area contributed by atoms with Gasteiger partial charge in [-0.05, 0) is 31.2 Å². The molecular weight excluding hydrogens is 404 g/mol. The molecule has 0 radical (unpaired) electrons. The van der Waals surface area contributed by atoms with Gasteiger partial charge in [-0.25, -0.2) is 4.98 Å². The molecular formula is C21H14N4O6. The van der Waals surface area contributed by atoms with Gasteiger partial charge in [-0.15, -0.1) is 0 Å². The molecule has 0 bridgehead atoms. The average Bonchev–Trinajstić information content (AvgIpc) is 3.17. The molecule has 1 heterocycles. The number of hydrogen-bond acceptors (Lipinski definition) is 7. The van der Waals surface area contributed by atoms with Crippen molar-refractivity contribution in [2.75, 3.05) is 5.32 Å². The summed E-state index contributed by atoms with van der Waals surface area (Å²) in [6, 6.07) is 15.1. The van der Waals surface area contributed by atoms with Crippen LogP contribution in [0.3, 0.4) is 0 Å². The third kappa shape index (κ3) is 3.69. The molecule has 0 saturated carbocycles. The zero-order valence-corrected chi connectivity index (χ0v) is 16.1. The first-order valence-corrected chi connectivity index (χ1v) is 9.05. The van der Waals surface area contributed by atoms with Gasteiger partial charge in [-0.1, -0.05) is 18.2 Å². The Bertz CT molecular complexity index is 1360. The van der Waals surface area contributed by atoms with Crippen LogP contribution < -0.4 is 5.32 Å². The topological polar surface area (TPSA) is 141 Å². The minimum Gasteiger partial charge on any atom is -0.436 e. The number of anilines is 1. The molecule has 0 aliphatic carbocycles. The van der Waals surface area contributed by atoms with E-state index in [1.54, 1.807) is 24.3 Å². The fourth-order valence-corrected chi connectivity index (χ4v) is 3.18. The number of benzene rings is 3. The Kier molecular flexibility index (Phi) is 4.88. The largest absolute Gasteiger partial charge is 0.436 e. The molecule has 0 aliphatic rings. The van der Waals surface area contributed by atoms with E-state index in [0.717, 1.165) is 0 Å². The first-order chi connectivity index (χ1) is 14.8. The molecule has 1 amide bonds. The van der Waals surface area contributed by atoms with Crippen LogP contribution in [0.1, 0.15) is 15.9 Å². The van der Waals surface area contributed by atoms with Crippen LogP contribution in [-0.2, 0) is 0 Å². The van der Waals surface area contributed by atoms with E-state index in [9.17, 15) is 25.0 Å². The third-order valence-corrected chi connectivity index (χ3v) is 4.74. The van der Waals surface area contributed by atoms with Gasteiger partial charge in [0.05, 0.1) is 27.2 Å². The van der Waals surface area contributed by atoms with Crippen molar-refractivity contribution in [3.8, 4) is 11.5 Å². The maximum absolute atomic E-state index is 12.8. The lowest BCUT2D eigenvalue weighted by Crippen LogP contribution is -2.14. The lowest BCUT2D eigenvalue weighted by molar-refractivity contribution is -0.385. The Hall–Kier alpha value is -4.60. The van der Waals surface area contributed by atoms with Crippen LogP contribution in [-0.4, -0.2) is 20.7 Å². The van der Waals surface area contributed by atoms with E-state index in [1.165, 1.54) is 43.3 Å². The molecule has 0 saturated heterocycles. The molecule has 1 N–H and O–H groups in total. The molecule has 0 aliphatic heterocycles. The van der Waals surface area contributed by atoms with E-state index < -0.39 is 15.8 Å². The lowest BCUT2D eigenvalue weighted by atomic mass is 10.1. The number of carbonyl (C=O) groups excluding carboxylic acids is 1. The van der Waals surface area contributed by atoms with Crippen molar-refractivity contribution in [2.45, 2.75) is 6.92 Å². The van der Waals surface area contributed by atoms with Crippen LogP contribution >= 0.6 is 0 Å². The fraction of sp³-hybridized carbons (Fsp3) is 0.0476. The quantitative estimate of drug-likeness (QED) is 0.360. The number of carbonyl (C=O) groups is 1. The lowest BCUT2D eigenvalue weighted by Gasteiger charge is -2.10. The molecule has 4 rings (SSSR count). The van der Waals surface area contributed by atoms with Crippen LogP contribution in [0, 0.1) is 27.2 Å². The fourth-order valence-electron chi connectivity index (χ4n) is 3.18. The first-order valence-electron chi connectivity index (χ1n) is 9.05. The molecule has 3 aromatic carbocycles. The number of rotatable bonds is 5. The number of nitro benzene ring substituents is 2. The molecule has 1 aromatic heterocycles. The van der Waals surface area contributed by atoms with Crippen LogP contribution in [0.2, 0.25) is 0 Å². The van der Waals surface area contributed by atoms with Gasteiger partial charge >= 0.3 is 0 Å². The summed E-state index contributed by atoms with van der Waals surface area (Å²) in [6.07, 6.45) is 0. The Morgan fingerprint density at radius 1 is 1.00 bits per heavy atom. The third-order valence-electron chi connectivity index (χ3n) is 4.74. The molecule has 31 heavy (non-hydrogen) atoms. The van der Waals surface area contributed by atoms with Gasteiger partial charge in [0.2, 0.25) is 5.89 Å². The van der Waals surface area contributed by atoms with Crippen molar-refractivity contribution < 1.29 is 19.1 Å². The molecule has 0 atom stereocenters. The summed E-state index contributed by atoms with van der Waals surface area (Å²) in [6.45, 7) is 1.51. The van der Waals surface area contributed by atoms with Gasteiger partial charge in [0.1, 0.15) is 5.52 Å². The van der Waals surface area contributed by atoms with Crippen molar-refractivity contribution in [3.63, 3.8) is 0 Å². The number of nitrogens with one attached hydrogen (secondary N) is 1. The Balaban J connectivity index is 1.71. The molecule has 0 spiro atoms. The maximum atomic E-state index is 12.8. The summed E-state index contributed by atoms with van der Waals surface area (Å²) < 4.78 is 5.69. The molecule has 10 heteroatoms. The highest BCUT2D eigenvalue weighted by atomic mass is 16.6. The first kappa shape index (κ1) is 19.7. The van der Waals surface area contributed by atoms with E-state index in [4.69, 9.17) is 4.42 Å². The normalized spacial score (nSPS) is 10.7. The van der Waals surface area contributed by atoms with Gasteiger partial charge < -0.3 is 9.73 Å². The van der Waals surface area contributed by atoms with Crippen LogP contribution in [0.5, 0.6) is 0 Å². The van der Waals surface area contributed by atoms with Crippen LogP contribution in [0.15, 0.2) is 65.1 Å². The van der Waals surface area contributed by atoms with Crippen molar-refractivity contribution in [2.24, 2.45) is 0 Å². The van der Waals surface area contributed by atoms with Crippen molar-refractivity contribution in [1.29, 1.82) is 0 Å². The smallest absolute Gasteiger partial charge is 0.273 e. The van der Waals surface area contributed by atoms with Crippen LogP contribution in [0.4, 0.5) is 17.1 Å². The number of non-ortho nitro benzene ring substituents is 1. The van der Waals surface area contributed by atoms with E-state index in [-0.39, 0.29) is 34.0 Å². The molecule has 0 fully saturated rings. The number of fused-ring (bicyclic) bond motifs is 1. The summed E-state index contributed by atoms with van der Waals surface area (Å²) in [5.74, 6) is -0.359. The second-order valence-corrected chi connectivity index (χ2v) is 6.63. The number of para-hydroxylation sites is 1. The summed E-state index contributed by atoms with van der Waals surface area (Å²) >= 11 is 0. The molecule has 154 valence electrons. The highest BCUT2D eigenvalue weighted by Crippen LogP contribution is 2.32. The predicted molar refractivity (Wildman–Crippen MR) is 112 cm³/mol. The summed E-state index contributed by atoms with van der Waals surface area (Å²) in [5, 5.41) is 24.9. The number of amides is 1. The van der Waals surface area contributed by atoms with Crippen LogP contribution in [0.25, 0.3) is 22.6 Å². The zero-order chi connectivity index (χ0) is 22.1. The van der Waals surface area contributed by atoms with E-state index in [1.807, 2.05) is 0 Å². The van der Waals surface area contributed by atoms with Gasteiger partial charge in [0.25, 0.3) is 17.3 Å². The zero-order valence-electron chi connectivity index (χ0n) is 16.1. The van der Waals surface area contributed by atoms with E-state index >= 15 is 0 Å². The molecule has 0 unspecified atom stereocenters. The van der Waals surface area contributed by atoms with Crippen molar-refractivity contribution in [3.05, 3.63) is 92.0 Å². The van der Waals surface area contributed by atoms with Gasteiger partial charge in [-0.2, -0.15) is 0 Å². The Morgan fingerprint density at radius 3 is 2.52 bits per heavy atom. The minimum absolute atomic E-state index is 0.127. The van der Waals surface area contributed by atoms with Crippen molar-refractivity contribution in [1.82, 2.24) is 4.98 Å². The minimum atomic E-state index is -0.544.